The first-order valence-electron chi connectivity index (χ1n) is 11.0. The molecule has 9 nitrogen and oxygen atoms in total. The molecule has 2 aromatic rings. The summed E-state index contributed by atoms with van der Waals surface area (Å²) in [4.78, 5) is 28.1. The van der Waals surface area contributed by atoms with Crippen molar-refractivity contribution in [1.82, 2.24) is 19.8 Å². The minimum Gasteiger partial charge on any atom is -0.495 e. The van der Waals surface area contributed by atoms with E-state index >= 15 is 0 Å². The second kappa shape index (κ2) is 10.9. The number of amides is 1. The van der Waals surface area contributed by atoms with Gasteiger partial charge >= 0.3 is 0 Å². The molecule has 0 spiro atoms. The molecular weight excluding hydrogens is 648 g/mol. The molecule has 3 N–H and O–H groups in total. The Bertz CT molecular complexity index is 1010. The summed E-state index contributed by atoms with van der Waals surface area (Å²) in [5.41, 5.74) is 7.47. The van der Waals surface area contributed by atoms with Crippen LogP contribution in [0.25, 0.3) is 0 Å². The molecule has 0 unspecified atom stereocenters. The second-order valence-corrected chi connectivity index (χ2v) is 10.5. The van der Waals surface area contributed by atoms with Gasteiger partial charge in [-0.1, -0.05) is 0 Å². The maximum absolute atomic E-state index is 11.9. The summed E-state index contributed by atoms with van der Waals surface area (Å²) in [5.74, 6) is 0.507. The predicted molar refractivity (Wildman–Crippen MR) is 147 cm³/mol. The summed E-state index contributed by atoms with van der Waals surface area (Å²) in [5, 5.41) is 3.19. The maximum atomic E-state index is 11.9. The van der Waals surface area contributed by atoms with E-state index in [2.05, 4.69) is 65.7 Å². The van der Waals surface area contributed by atoms with Gasteiger partial charge in [-0.3, -0.25) is 9.69 Å². The van der Waals surface area contributed by atoms with Crippen molar-refractivity contribution in [2.24, 2.45) is 5.73 Å². The van der Waals surface area contributed by atoms with Crippen molar-refractivity contribution in [3.63, 3.8) is 0 Å². The summed E-state index contributed by atoms with van der Waals surface area (Å²) in [7, 11) is 3.88. The average Bonchev–Trinajstić information content (AvgIpc) is 2.81. The molecule has 0 radical (unpaired) electrons. The molecule has 1 amide bonds. The van der Waals surface area contributed by atoms with E-state index in [-0.39, 0.29) is 5.69 Å². The maximum Gasteiger partial charge on any atom is 0.271 e. The first-order valence-corrected chi connectivity index (χ1v) is 13.2. The molecule has 11 heteroatoms. The van der Waals surface area contributed by atoms with Gasteiger partial charge in [0.25, 0.3) is 5.91 Å². The molecule has 1 aromatic heterocycles. The SMILES string of the molecule is COc1cc(Nc2nc(I)c(I)nc2C(N)=O)ccc1N1CCC(N2CCN(C)CC2)CC1. The third-order valence-corrected chi connectivity index (χ3v) is 8.89. The number of carbonyl (C=O) groups is 1. The zero-order chi connectivity index (χ0) is 23.5. The Morgan fingerprint density at radius 2 is 1.76 bits per heavy atom. The fraction of sp³-hybridized carbons (Fsp3) is 0.500. The lowest BCUT2D eigenvalue weighted by Crippen LogP contribution is -2.52. The minimum absolute atomic E-state index is 0.119. The van der Waals surface area contributed by atoms with Gasteiger partial charge in [0.2, 0.25) is 0 Å². The van der Waals surface area contributed by atoms with Crippen LogP contribution in [0.4, 0.5) is 17.2 Å². The van der Waals surface area contributed by atoms with Gasteiger partial charge in [0.15, 0.2) is 11.5 Å². The Kier molecular flexibility index (Phi) is 8.12. The molecule has 0 saturated carbocycles. The van der Waals surface area contributed by atoms with Crippen LogP contribution in [0.5, 0.6) is 5.75 Å². The van der Waals surface area contributed by atoms with E-state index in [0.717, 1.165) is 56.1 Å². The van der Waals surface area contributed by atoms with Crippen LogP contribution in [-0.2, 0) is 0 Å². The molecule has 178 valence electrons. The molecule has 4 rings (SSSR count). The Labute approximate surface area is 221 Å². The number of rotatable bonds is 6. The van der Waals surface area contributed by atoms with Gasteiger partial charge in [-0.05, 0) is 77.2 Å². The number of likely N-dealkylation sites (N-methyl/N-ethyl adjacent to an activating group) is 1. The predicted octanol–water partition coefficient (Wildman–Crippen LogP) is 2.75. The summed E-state index contributed by atoms with van der Waals surface area (Å²) in [6.45, 7) is 6.66. The number of primary amides is 1. The largest absolute Gasteiger partial charge is 0.495 e. The standard InChI is InChI=1S/C22H29I2N7O2/c1-29-9-11-30(12-10-29)15-5-7-31(8-6-15)16-4-3-14(13-17(16)33-2)26-22-18(21(25)32)27-19(23)20(24)28-22/h3-4,13,15H,5-12H2,1-2H3,(H2,25,32)(H,26,28). The third-order valence-electron chi connectivity index (χ3n) is 6.35. The molecule has 2 fully saturated rings. The van der Waals surface area contributed by atoms with E-state index < -0.39 is 5.91 Å². The van der Waals surface area contributed by atoms with Crippen molar-refractivity contribution in [3.8, 4) is 5.75 Å². The van der Waals surface area contributed by atoms with Crippen LogP contribution in [-0.4, -0.2) is 85.1 Å². The van der Waals surface area contributed by atoms with Crippen LogP contribution in [0.15, 0.2) is 18.2 Å². The Morgan fingerprint density at radius 3 is 2.39 bits per heavy atom. The van der Waals surface area contributed by atoms with Crippen LogP contribution >= 0.6 is 45.2 Å². The number of hydrogen-bond donors (Lipinski definition) is 2. The molecule has 2 saturated heterocycles. The van der Waals surface area contributed by atoms with Gasteiger partial charge < -0.3 is 25.6 Å². The highest BCUT2D eigenvalue weighted by Gasteiger charge is 2.28. The van der Waals surface area contributed by atoms with Crippen molar-refractivity contribution >= 4 is 68.3 Å². The van der Waals surface area contributed by atoms with E-state index in [9.17, 15) is 4.79 Å². The van der Waals surface area contributed by atoms with Gasteiger partial charge in [0.05, 0.1) is 12.8 Å². The van der Waals surface area contributed by atoms with Gasteiger partial charge in [-0.25, -0.2) is 9.97 Å². The van der Waals surface area contributed by atoms with E-state index in [1.165, 1.54) is 13.1 Å². The normalized spacial score (nSPS) is 18.4. The lowest BCUT2D eigenvalue weighted by Gasteiger charge is -2.42. The van der Waals surface area contributed by atoms with Crippen molar-refractivity contribution in [2.45, 2.75) is 18.9 Å². The number of aromatic nitrogens is 2. The van der Waals surface area contributed by atoms with Crippen LogP contribution in [0.3, 0.4) is 0 Å². The van der Waals surface area contributed by atoms with Crippen LogP contribution < -0.4 is 20.7 Å². The minimum atomic E-state index is -0.619. The molecule has 1 aromatic carbocycles. The number of benzene rings is 1. The van der Waals surface area contributed by atoms with Crippen LogP contribution in [0.2, 0.25) is 0 Å². The van der Waals surface area contributed by atoms with Crippen LogP contribution in [0, 0.1) is 7.40 Å². The zero-order valence-electron chi connectivity index (χ0n) is 18.9. The topological polar surface area (TPSA) is 99.8 Å². The van der Waals surface area contributed by atoms with Gasteiger partial charge in [0, 0.05) is 57.1 Å². The summed E-state index contributed by atoms with van der Waals surface area (Å²) < 4.78 is 7.07. The van der Waals surface area contributed by atoms with Crippen LogP contribution in [0.1, 0.15) is 23.3 Å². The number of ether oxygens (including phenoxy) is 1. The molecule has 3 heterocycles. The molecule has 33 heavy (non-hydrogen) atoms. The van der Waals surface area contributed by atoms with Crippen molar-refractivity contribution in [2.75, 3.05) is 63.6 Å². The summed E-state index contributed by atoms with van der Waals surface area (Å²) >= 11 is 4.13. The number of methoxy groups -OCH3 is 1. The van der Waals surface area contributed by atoms with E-state index in [4.69, 9.17) is 10.5 Å². The number of nitrogens with two attached hydrogens (primary N) is 1. The molecular formula is C22H29I2N7O2. The number of piperidine rings is 1. The summed E-state index contributed by atoms with van der Waals surface area (Å²) in [6.07, 6.45) is 2.32. The van der Waals surface area contributed by atoms with E-state index in [1.807, 2.05) is 34.7 Å². The smallest absolute Gasteiger partial charge is 0.271 e. The second-order valence-electron chi connectivity index (χ2n) is 8.44. The van der Waals surface area contributed by atoms with Gasteiger partial charge in [-0.2, -0.15) is 0 Å². The van der Waals surface area contributed by atoms with E-state index in [0.29, 0.717) is 19.3 Å². The zero-order valence-corrected chi connectivity index (χ0v) is 23.2. The highest BCUT2D eigenvalue weighted by molar-refractivity contribution is 14.1. The number of carbonyl (C=O) groups excluding carboxylic acids is 1. The first kappa shape index (κ1) is 24.7. The van der Waals surface area contributed by atoms with Crippen molar-refractivity contribution in [1.29, 1.82) is 0 Å². The van der Waals surface area contributed by atoms with Crippen molar-refractivity contribution in [3.05, 3.63) is 31.3 Å². The molecule has 2 aliphatic rings. The number of piperazine rings is 1. The first-order chi connectivity index (χ1) is 15.9. The van der Waals surface area contributed by atoms with Gasteiger partial charge in [0.1, 0.15) is 13.2 Å². The fourth-order valence-electron chi connectivity index (χ4n) is 4.47. The van der Waals surface area contributed by atoms with E-state index in [1.54, 1.807) is 7.11 Å². The quantitative estimate of drug-likeness (QED) is 0.451. The number of nitrogens with zero attached hydrogens (tertiary/aromatic N) is 5. The van der Waals surface area contributed by atoms with Crippen molar-refractivity contribution < 1.29 is 9.53 Å². The monoisotopic (exact) mass is 677 g/mol. The highest BCUT2D eigenvalue weighted by atomic mass is 127. The Morgan fingerprint density at radius 1 is 1.09 bits per heavy atom. The lowest BCUT2D eigenvalue weighted by molar-refractivity contribution is 0.0981. The fourth-order valence-corrected chi connectivity index (χ4v) is 5.19. The summed E-state index contributed by atoms with van der Waals surface area (Å²) in [6, 6.07) is 6.63. The number of hydrogen-bond acceptors (Lipinski definition) is 8. The molecule has 2 aliphatic heterocycles. The lowest BCUT2D eigenvalue weighted by atomic mass is 10.0. The van der Waals surface area contributed by atoms with Gasteiger partial charge in [-0.15, -0.1) is 0 Å². The Balaban J connectivity index is 1.46. The number of halogens is 2. The Hall–Kier alpha value is -1.45. The number of nitrogens with one attached hydrogen (secondary N) is 1. The highest BCUT2D eigenvalue weighted by Crippen LogP contribution is 2.35. The third kappa shape index (κ3) is 5.80. The average molecular weight is 677 g/mol. The molecule has 0 atom stereocenters. The number of anilines is 3. The molecule has 0 bridgehead atoms. The molecule has 0 aliphatic carbocycles.